The number of benzene rings is 4. The van der Waals surface area contributed by atoms with Gasteiger partial charge >= 0.3 is 0 Å². The molecule has 0 unspecified atom stereocenters. The molecule has 0 saturated heterocycles. The molecule has 4 aromatic carbocycles. The van der Waals surface area contributed by atoms with E-state index in [0.29, 0.717) is 0 Å². The molecular weight excluding hydrogens is 689 g/mol. The Morgan fingerprint density at radius 1 is 0.548 bits per heavy atom. The molecule has 0 aliphatic heterocycles. The van der Waals surface area contributed by atoms with Crippen LogP contribution in [0.3, 0.4) is 0 Å². The van der Waals surface area contributed by atoms with Crippen molar-refractivity contribution in [3.8, 4) is 33.6 Å². The van der Waals surface area contributed by atoms with Crippen molar-refractivity contribution in [2.24, 2.45) is 0 Å². The van der Waals surface area contributed by atoms with E-state index in [1.807, 2.05) is 66.9 Å². The third-order valence-corrected chi connectivity index (χ3v) is 7.65. The Kier molecular flexibility index (Phi) is 9.87. The second kappa shape index (κ2) is 14.1. The van der Waals surface area contributed by atoms with Crippen LogP contribution >= 0.6 is 0 Å². The predicted octanol–water partition coefficient (Wildman–Crippen LogP) is 8.95. The molecule has 3 heteroatoms. The number of pyridine rings is 2. The molecular formula is C39H32IrN2-2. The summed E-state index contributed by atoms with van der Waals surface area (Å²) in [6.07, 6.45) is 7.98. The molecule has 2 nitrogen and oxygen atoms in total. The van der Waals surface area contributed by atoms with Crippen molar-refractivity contribution >= 4 is 0 Å². The van der Waals surface area contributed by atoms with Gasteiger partial charge in [0.25, 0.3) is 0 Å². The van der Waals surface area contributed by atoms with Gasteiger partial charge in [-0.2, -0.15) is 0 Å². The summed E-state index contributed by atoms with van der Waals surface area (Å²) in [6.45, 7) is 2.25. The SMILES string of the molecule is Cc1cc2ccc1CCc1ccc(c(-c3ccnc(-c4[c-]cccc4)c3)c1)CC2.[Ir].[c-]1ccccc1-c1ccccn1. The van der Waals surface area contributed by atoms with Crippen molar-refractivity contribution in [3.05, 3.63) is 168 Å². The van der Waals surface area contributed by atoms with Crippen LogP contribution < -0.4 is 0 Å². The minimum absolute atomic E-state index is 0. The van der Waals surface area contributed by atoms with Gasteiger partial charge in [0, 0.05) is 32.5 Å². The minimum atomic E-state index is 0. The Bertz CT molecular complexity index is 1690. The van der Waals surface area contributed by atoms with Crippen LogP contribution in [-0.4, -0.2) is 9.97 Å². The van der Waals surface area contributed by atoms with Crippen LogP contribution in [0.1, 0.15) is 27.8 Å². The Morgan fingerprint density at radius 3 is 1.86 bits per heavy atom. The molecule has 6 aromatic rings. The molecule has 4 bridgehead atoms. The standard InChI is InChI=1S/C28H24N.C11H8N.Ir/c1-20-17-21-7-11-23(20)12-8-22-10-14-24(13-9-21)27(18-22)26-15-16-29-28(19-26)25-5-3-2-4-6-25;1-2-6-10(7-3-1)11-8-4-5-9-12-11;/h2-5,7,10-11,14-19H,8-9,12-13H2,1H3;1-6,8-9H;/q2*-1;. The summed E-state index contributed by atoms with van der Waals surface area (Å²) < 4.78 is 0. The van der Waals surface area contributed by atoms with E-state index in [0.717, 1.165) is 48.2 Å². The first-order valence-electron chi connectivity index (χ1n) is 14.2. The smallest absolute Gasteiger partial charge is 0.0166 e. The van der Waals surface area contributed by atoms with Crippen LogP contribution in [0.5, 0.6) is 0 Å². The van der Waals surface area contributed by atoms with Crippen molar-refractivity contribution in [3.63, 3.8) is 0 Å². The minimum Gasteiger partial charge on any atom is -0.305 e. The van der Waals surface area contributed by atoms with Crippen LogP contribution in [0, 0.1) is 19.1 Å². The Morgan fingerprint density at radius 2 is 1.19 bits per heavy atom. The first-order chi connectivity index (χ1) is 20.2. The van der Waals surface area contributed by atoms with Gasteiger partial charge in [-0.15, -0.1) is 71.8 Å². The number of aryl methyl sites for hydroxylation is 5. The zero-order valence-corrected chi connectivity index (χ0v) is 26.1. The van der Waals surface area contributed by atoms with E-state index >= 15 is 0 Å². The molecule has 0 amide bonds. The summed E-state index contributed by atoms with van der Waals surface area (Å²) in [5.41, 5.74) is 13.7. The van der Waals surface area contributed by atoms with Gasteiger partial charge in [-0.05, 0) is 95.1 Å². The fourth-order valence-electron chi connectivity index (χ4n) is 5.39. The van der Waals surface area contributed by atoms with E-state index in [1.54, 1.807) is 6.20 Å². The molecule has 10 rings (SSSR count). The van der Waals surface area contributed by atoms with Crippen molar-refractivity contribution in [1.82, 2.24) is 9.97 Å². The summed E-state index contributed by atoms with van der Waals surface area (Å²) in [6, 6.07) is 46.6. The summed E-state index contributed by atoms with van der Waals surface area (Å²) in [5.74, 6) is 0. The van der Waals surface area contributed by atoms with E-state index in [9.17, 15) is 0 Å². The summed E-state index contributed by atoms with van der Waals surface area (Å²) in [7, 11) is 0. The maximum Gasteiger partial charge on any atom is 0.0166 e. The number of hydrogen-bond acceptors (Lipinski definition) is 2. The van der Waals surface area contributed by atoms with E-state index in [2.05, 4.69) is 83.6 Å². The normalized spacial score (nSPS) is 11.8. The molecule has 209 valence electrons. The Balaban J connectivity index is 0.000000228. The van der Waals surface area contributed by atoms with Gasteiger partial charge in [0.2, 0.25) is 0 Å². The summed E-state index contributed by atoms with van der Waals surface area (Å²) in [5, 5.41) is 0. The fourth-order valence-corrected chi connectivity index (χ4v) is 5.39. The first kappa shape index (κ1) is 29.3. The molecule has 4 aliphatic carbocycles. The monoisotopic (exact) mass is 721 g/mol. The van der Waals surface area contributed by atoms with Crippen molar-refractivity contribution < 1.29 is 20.1 Å². The number of hydrogen-bond donors (Lipinski definition) is 0. The van der Waals surface area contributed by atoms with Gasteiger partial charge in [-0.3, -0.25) is 0 Å². The predicted molar refractivity (Wildman–Crippen MR) is 168 cm³/mol. The largest absolute Gasteiger partial charge is 0.305 e. The molecule has 0 N–H and O–H groups in total. The van der Waals surface area contributed by atoms with Crippen LogP contribution in [0.15, 0.2) is 128 Å². The number of nitrogens with zero attached hydrogens (tertiary/aromatic N) is 2. The second-order valence-electron chi connectivity index (χ2n) is 10.4. The molecule has 4 aliphatic rings. The van der Waals surface area contributed by atoms with Gasteiger partial charge in [0.05, 0.1) is 0 Å². The van der Waals surface area contributed by atoms with Crippen LogP contribution in [0.4, 0.5) is 0 Å². The van der Waals surface area contributed by atoms with Gasteiger partial charge in [-0.25, -0.2) is 0 Å². The average molecular weight is 721 g/mol. The van der Waals surface area contributed by atoms with Gasteiger partial charge in [-0.1, -0.05) is 54.6 Å². The zero-order chi connectivity index (χ0) is 27.9. The molecule has 0 spiro atoms. The van der Waals surface area contributed by atoms with E-state index in [-0.39, 0.29) is 20.1 Å². The molecule has 0 saturated carbocycles. The molecule has 1 radical (unpaired) electrons. The Hall–Kier alpha value is -4.17. The van der Waals surface area contributed by atoms with Gasteiger partial charge < -0.3 is 9.97 Å². The zero-order valence-electron chi connectivity index (χ0n) is 23.7. The molecule has 2 heterocycles. The van der Waals surface area contributed by atoms with E-state index < -0.39 is 0 Å². The summed E-state index contributed by atoms with van der Waals surface area (Å²) in [4.78, 5) is 8.81. The van der Waals surface area contributed by atoms with Gasteiger partial charge in [0.15, 0.2) is 0 Å². The molecule has 0 fully saturated rings. The number of rotatable bonds is 3. The van der Waals surface area contributed by atoms with Gasteiger partial charge in [0.1, 0.15) is 0 Å². The molecule has 2 aromatic heterocycles. The number of aromatic nitrogens is 2. The fraction of sp³-hybridized carbons (Fsp3) is 0.128. The van der Waals surface area contributed by atoms with Crippen molar-refractivity contribution in [2.75, 3.05) is 0 Å². The van der Waals surface area contributed by atoms with Crippen LogP contribution in [0.25, 0.3) is 33.6 Å². The first-order valence-corrected chi connectivity index (χ1v) is 14.2. The van der Waals surface area contributed by atoms with Crippen LogP contribution in [-0.2, 0) is 45.8 Å². The molecule has 42 heavy (non-hydrogen) atoms. The van der Waals surface area contributed by atoms with E-state index in [1.165, 1.54) is 38.9 Å². The van der Waals surface area contributed by atoms with Crippen LogP contribution in [0.2, 0.25) is 0 Å². The third-order valence-electron chi connectivity index (χ3n) is 7.65. The third kappa shape index (κ3) is 7.18. The second-order valence-corrected chi connectivity index (χ2v) is 10.4. The summed E-state index contributed by atoms with van der Waals surface area (Å²) >= 11 is 0. The van der Waals surface area contributed by atoms with Crippen molar-refractivity contribution in [1.29, 1.82) is 0 Å². The topological polar surface area (TPSA) is 25.8 Å². The quantitative estimate of drug-likeness (QED) is 0.171. The van der Waals surface area contributed by atoms with E-state index in [4.69, 9.17) is 0 Å². The maximum absolute atomic E-state index is 4.59. The maximum atomic E-state index is 4.59. The van der Waals surface area contributed by atoms with Crippen molar-refractivity contribution in [2.45, 2.75) is 32.6 Å². The molecule has 0 atom stereocenters. The Labute approximate surface area is 262 Å². The average Bonchev–Trinajstić information content (AvgIpc) is 3.04.